The fourth-order valence-electron chi connectivity index (χ4n) is 4.83. The zero-order valence-corrected chi connectivity index (χ0v) is 22.9. The minimum atomic E-state index is -3.57. The number of nitrogens with one attached hydrogen (secondary N) is 2. The highest BCUT2D eigenvalue weighted by Gasteiger charge is 2.27. The van der Waals surface area contributed by atoms with Crippen LogP contribution in [-0.2, 0) is 29.4 Å². The Bertz CT molecular complexity index is 1350. The molecule has 0 radical (unpaired) electrons. The number of hydrogen-bond acceptors (Lipinski definition) is 4. The van der Waals surface area contributed by atoms with Gasteiger partial charge < -0.3 is 10.6 Å². The second-order valence-corrected chi connectivity index (χ2v) is 11.9. The van der Waals surface area contributed by atoms with E-state index in [0.29, 0.717) is 43.7 Å². The SMILES string of the molecule is CCc1cccc(CNCC[C@H](Cc2cc(F)cc(F)c2)NC(=O)c2ccc(S(=O)(=O)N3CCCC3)cc2)c1. The maximum Gasteiger partial charge on any atom is 0.251 e. The van der Waals surface area contributed by atoms with Crippen LogP contribution in [0.3, 0.4) is 0 Å². The number of carbonyl (C=O) groups excluding carboxylic acids is 1. The van der Waals surface area contributed by atoms with Crippen LogP contribution in [0.1, 0.15) is 53.2 Å². The minimum Gasteiger partial charge on any atom is -0.349 e. The maximum absolute atomic E-state index is 13.8. The zero-order chi connectivity index (χ0) is 27.8. The molecule has 0 unspecified atom stereocenters. The minimum absolute atomic E-state index is 0.157. The van der Waals surface area contributed by atoms with Crippen LogP contribution in [-0.4, -0.2) is 44.3 Å². The summed E-state index contributed by atoms with van der Waals surface area (Å²) in [7, 11) is -3.57. The lowest BCUT2D eigenvalue weighted by molar-refractivity contribution is 0.0934. The Morgan fingerprint density at radius 1 is 0.923 bits per heavy atom. The Morgan fingerprint density at radius 3 is 2.26 bits per heavy atom. The van der Waals surface area contributed by atoms with E-state index in [1.807, 2.05) is 6.07 Å². The number of sulfonamides is 1. The molecule has 0 bridgehead atoms. The molecule has 3 aromatic rings. The summed E-state index contributed by atoms with van der Waals surface area (Å²) in [6, 6.07) is 17.2. The molecule has 1 saturated heterocycles. The van der Waals surface area contributed by atoms with Gasteiger partial charge in [-0.25, -0.2) is 17.2 Å². The van der Waals surface area contributed by atoms with Crippen molar-refractivity contribution in [2.75, 3.05) is 19.6 Å². The Hall–Kier alpha value is -3.14. The van der Waals surface area contributed by atoms with Crippen molar-refractivity contribution in [2.45, 2.75) is 56.5 Å². The summed E-state index contributed by atoms with van der Waals surface area (Å²) >= 11 is 0. The first kappa shape index (κ1) is 28.9. The van der Waals surface area contributed by atoms with E-state index in [1.165, 1.54) is 46.3 Å². The van der Waals surface area contributed by atoms with Gasteiger partial charge in [-0.1, -0.05) is 31.2 Å². The summed E-state index contributed by atoms with van der Waals surface area (Å²) in [6.45, 7) is 4.35. The lowest BCUT2D eigenvalue weighted by atomic mass is 10.0. The summed E-state index contributed by atoms with van der Waals surface area (Å²) in [5.74, 6) is -1.71. The van der Waals surface area contributed by atoms with Gasteiger partial charge in [-0.15, -0.1) is 0 Å². The lowest BCUT2D eigenvalue weighted by Crippen LogP contribution is -2.38. The van der Waals surface area contributed by atoms with Crippen molar-refractivity contribution in [3.63, 3.8) is 0 Å². The molecule has 0 saturated carbocycles. The molecule has 208 valence electrons. The molecule has 1 aliphatic heterocycles. The second kappa shape index (κ2) is 13.3. The second-order valence-electron chi connectivity index (χ2n) is 9.93. The van der Waals surface area contributed by atoms with Gasteiger partial charge >= 0.3 is 0 Å². The van der Waals surface area contributed by atoms with Crippen LogP contribution in [0.15, 0.2) is 71.6 Å². The fourth-order valence-corrected chi connectivity index (χ4v) is 6.35. The van der Waals surface area contributed by atoms with Gasteiger partial charge in [0.25, 0.3) is 5.91 Å². The maximum atomic E-state index is 13.8. The van der Waals surface area contributed by atoms with Crippen molar-refractivity contribution < 1.29 is 22.0 Å². The van der Waals surface area contributed by atoms with Gasteiger partial charge in [0.15, 0.2) is 0 Å². The third-order valence-electron chi connectivity index (χ3n) is 6.96. The first-order valence-electron chi connectivity index (χ1n) is 13.4. The molecule has 0 aromatic heterocycles. The van der Waals surface area contributed by atoms with E-state index in [1.54, 1.807) is 0 Å². The predicted molar refractivity (Wildman–Crippen MR) is 148 cm³/mol. The van der Waals surface area contributed by atoms with Crippen molar-refractivity contribution in [3.05, 3.63) is 101 Å². The molecule has 1 heterocycles. The number of amides is 1. The molecule has 1 aliphatic rings. The van der Waals surface area contributed by atoms with Gasteiger partial charge in [0.1, 0.15) is 11.6 Å². The molecular weight excluding hydrogens is 520 g/mol. The first-order valence-corrected chi connectivity index (χ1v) is 14.8. The van der Waals surface area contributed by atoms with Crippen LogP contribution in [0.2, 0.25) is 0 Å². The van der Waals surface area contributed by atoms with Crippen LogP contribution in [0.25, 0.3) is 0 Å². The molecule has 3 aromatic carbocycles. The fraction of sp³-hybridized carbons (Fsp3) is 0.367. The number of rotatable bonds is 12. The quantitative estimate of drug-likeness (QED) is 0.314. The number of nitrogens with zero attached hydrogens (tertiary/aromatic N) is 1. The van der Waals surface area contributed by atoms with Crippen LogP contribution in [0.4, 0.5) is 8.78 Å². The highest BCUT2D eigenvalue weighted by molar-refractivity contribution is 7.89. The van der Waals surface area contributed by atoms with Crippen LogP contribution >= 0.6 is 0 Å². The highest BCUT2D eigenvalue weighted by atomic mass is 32.2. The van der Waals surface area contributed by atoms with E-state index >= 15 is 0 Å². The molecule has 1 atom stereocenters. The van der Waals surface area contributed by atoms with E-state index in [9.17, 15) is 22.0 Å². The third kappa shape index (κ3) is 7.94. The predicted octanol–water partition coefficient (Wildman–Crippen LogP) is 4.83. The standard InChI is InChI=1S/C30H35F2N3O3S/c1-2-22-6-5-7-23(16-22)21-33-13-12-28(19-24-17-26(31)20-27(32)18-24)34-30(36)25-8-10-29(11-9-25)39(37,38)35-14-3-4-15-35/h5-11,16-18,20,28,33H,2-4,12-15,19,21H2,1H3,(H,34,36)/t28-/m1/s1. The van der Waals surface area contributed by atoms with Crippen molar-refractivity contribution in [1.82, 2.24) is 14.9 Å². The topological polar surface area (TPSA) is 78.5 Å². The molecule has 0 aliphatic carbocycles. The summed E-state index contributed by atoms with van der Waals surface area (Å²) in [6.07, 6.45) is 3.41. The normalized spacial score (nSPS) is 14.8. The van der Waals surface area contributed by atoms with Crippen molar-refractivity contribution in [3.8, 4) is 0 Å². The molecule has 6 nitrogen and oxygen atoms in total. The lowest BCUT2D eigenvalue weighted by Gasteiger charge is -2.20. The number of halogens is 2. The molecule has 39 heavy (non-hydrogen) atoms. The Morgan fingerprint density at radius 2 is 1.59 bits per heavy atom. The van der Waals surface area contributed by atoms with Gasteiger partial charge in [0, 0.05) is 37.3 Å². The van der Waals surface area contributed by atoms with Crippen LogP contribution in [0, 0.1) is 11.6 Å². The molecule has 1 amide bonds. The smallest absolute Gasteiger partial charge is 0.251 e. The Labute approximate surface area is 229 Å². The molecule has 2 N–H and O–H groups in total. The molecular formula is C30H35F2N3O3S. The monoisotopic (exact) mass is 555 g/mol. The molecule has 4 rings (SSSR count). The van der Waals surface area contributed by atoms with Gasteiger partial charge in [-0.3, -0.25) is 4.79 Å². The average molecular weight is 556 g/mol. The molecule has 0 spiro atoms. The van der Waals surface area contributed by atoms with Crippen LogP contribution in [0.5, 0.6) is 0 Å². The number of carbonyl (C=O) groups is 1. The van der Waals surface area contributed by atoms with E-state index in [2.05, 4.69) is 35.8 Å². The Kier molecular flexibility index (Phi) is 9.83. The number of hydrogen-bond donors (Lipinski definition) is 2. The van der Waals surface area contributed by atoms with E-state index in [0.717, 1.165) is 30.9 Å². The summed E-state index contributed by atoms with van der Waals surface area (Å²) in [4.78, 5) is 13.2. The number of benzene rings is 3. The highest BCUT2D eigenvalue weighted by Crippen LogP contribution is 2.21. The van der Waals surface area contributed by atoms with E-state index in [4.69, 9.17) is 0 Å². The van der Waals surface area contributed by atoms with Gasteiger partial charge in [0.05, 0.1) is 4.90 Å². The van der Waals surface area contributed by atoms with Gasteiger partial charge in [-0.05, 0) is 91.7 Å². The summed E-state index contributed by atoms with van der Waals surface area (Å²) < 4.78 is 54.7. The molecule has 9 heteroatoms. The third-order valence-corrected chi connectivity index (χ3v) is 8.87. The summed E-state index contributed by atoms with van der Waals surface area (Å²) in [5, 5.41) is 6.35. The largest absolute Gasteiger partial charge is 0.349 e. The number of aryl methyl sites for hydroxylation is 1. The first-order chi connectivity index (χ1) is 18.7. The van der Waals surface area contributed by atoms with Gasteiger partial charge in [-0.2, -0.15) is 4.31 Å². The van der Waals surface area contributed by atoms with Crippen molar-refractivity contribution >= 4 is 15.9 Å². The van der Waals surface area contributed by atoms with Crippen LogP contribution < -0.4 is 10.6 Å². The van der Waals surface area contributed by atoms with Gasteiger partial charge in [0.2, 0.25) is 10.0 Å². The van der Waals surface area contributed by atoms with Crippen molar-refractivity contribution in [1.29, 1.82) is 0 Å². The Balaban J connectivity index is 1.41. The zero-order valence-electron chi connectivity index (χ0n) is 22.1. The van der Waals surface area contributed by atoms with E-state index in [-0.39, 0.29) is 17.2 Å². The molecule has 1 fully saturated rings. The summed E-state index contributed by atoms with van der Waals surface area (Å²) in [5.41, 5.74) is 3.17. The van der Waals surface area contributed by atoms with E-state index < -0.39 is 27.7 Å². The average Bonchev–Trinajstić information content (AvgIpc) is 3.47. The van der Waals surface area contributed by atoms with Crippen molar-refractivity contribution in [2.24, 2.45) is 0 Å².